The van der Waals surface area contributed by atoms with Gasteiger partial charge in [0.2, 0.25) is 5.91 Å². The number of amides is 1. The Labute approximate surface area is 202 Å². The molecule has 0 spiro atoms. The van der Waals surface area contributed by atoms with Gasteiger partial charge in [-0.3, -0.25) is 4.79 Å². The molecule has 1 N–H and O–H groups in total. The fraction of sp³-hybridized carbons (Fsp3) is 0.318. The summed E-state index contributed by atoms with van der Waals surface area (Å²) in [7, 11) is 0. The van der Waals surface area contributed by atoms with E-state index in [1.54, 1.807) is 11.5 Å². The van der Waals surface area contributed by atoms with E-state index in [-0.39, 0.29) is 28.3 Å². The molecular formula is C22H21ClF4N4O2S. The Balaban J connectivity index is 1.70. The van der Waals surface area contributed by atoms with Crippen LogP contribution in [0.15, 0.2) is 47.6 Å². The van der Waals surface area contributed by atoms with Crippen LogP contribution in [-0.2, 0) is 11.0 Å². The molecule has 0 radical (unpaired) electrons. The van der Waals surface area contributed by atoms with Crippen molar-refractivity contribution in [3.05, 3.63) is 64.7 Å². The number of ether oxygens (including phenoxy) is 1. The fourth-order valence-corrected chi connectivity index (χ4v) is 4.07. The number of benzene rings is 2. The quantitative estimate of drug-likeness (QED) is 0.272. The third-order valence-electron chi connectivity index (χ3n) is 4.60. The van der Waals surface area contributed by atoms with Gasteiger partial charge in [-0.2, -0.15) is 13.2 Å². The van der Waals surface area contributed by atoms with Crippen molar-refractivity contribution in [3.8, 4) is 5.75 Å². The maximum Gasteiger partial charge on any atom is 0.416 e. The second-order valence-electron chi connectivity index (χ2n) is 7.55. The standard InChI is InChI=1S/C22H21ClF4N4O2S/c1-12(2)31-20(13(3)33-16-7-5-15(24)6-8-16)29-30-21(31)34-11-19(32)28-18-10-14(22(25,26)27)4-9-17(18)23/h4-10,12-13H,11H2,1-3H3,(H,28,32). The van der Waals surface area contributed by atoms with Gasteiger partial charge in [0.15, 0.2) is 17.1 Å². The summed E-state index contributed by atoms with van der Waals surface area (Å²) in [6.45, 7) is 5.58. The van der Waals surface area contributed by atoms with E-state index in [0.29, 0.717) is 16.7 Å². The molecule has 1 atom stereocenters. The average molecular weight is 517 g/mol. The molecule has 1 amide bonds. The molecule has 2 aromatic carbocycles. The predicted molar refractivity (Wildman–Crippen MR) is 122 cm³/mol. The zero-order valence-electron chi connectivity index (χ0n) is 18.4. The molecule has 3 aromatic rings. The zero-order valence-corrected chi connectivity index (χ0v) is 19.9. The number of thioether (sulfide) groups is 1. The van der Waals surface area contributed by atoms with Crippen LogP contribution in [0.5, 0.6) is 5.75 Å². The molecule has 0 saturated carbocycles. The van der Waals surface area contributed by atoms with E-state index in [1.165, 1.54) is 24.3 Å². The van der Waals surface area contributed by atoms with E-state index < -0.39 is 23.8 Å². The lowest BCUT2D eigenvalue weighted by atomic mass is 10.2. The van der Waals surface area contributed by atoms with Crippen molar-refractivity contribution in [1.82, 2.24) is 14.8 Å². The summed E-state index contributed by atoms with van der Waals surface area (Å²) in [6.07, 6.45) is -5.08. The second kappa shape index (κ2) is 10.6. The number of anilines is 1. The van der Waals surface area contributed by atoms with Crippen molar-refractivity contribution in [2.24, 2.45) is 0 Å². The summed E-state index contributed by atoms with van der Waals surface area (Å²) in [5.41, 5.74) is -1.05. The van der Waals surface area contributed by atoms with Gasteiger partial charge in [-0.25, -0.2) is 4.39 Å². The van der Waals surface area contributed by atoms with Crippen molar-refractivity contribution in [1.29, 1.82) is 0 Å². The number of nitrogens with zero attached hydrogens (tertiary/aromatic N) is 3. The van der Waals surface area contributed by atoms with Crippen LogP contribution in [0.25, 0.3) is 0 Å². The van der Waals surface area contributed by atoms with E-state index in [4.69, 9.17) is 16.3 Å². The molecular weight excluding hydrogens is 496 g/mol. The molecule has 0 fully saturated rings. The van der Waals surface area contributed by atoms with Crippen LogP contribution in [0, 0.1) is 5.82 Å². The highest BCUT2D eigenvalue weighted by Gasteiger charge is 2.31. The molecule has 0 bridgehead atoms. The number of rotatable bonds is 8. The lowest BCUT2D eigenvalue weighted by molar-refractivity contribution is -0.137. The second-order valence-corrected chi connectivity index (χ2v) is 8.90. The van der Waals surface area contributed by atoms with Crippen LogP contribution in [0.3, 0.4) is 0 Å². The molecule has 0 aliphatic heterocycles. The lowest BCUT2D eigenvalue weighted by Gasteiger charge is -2.19. The van der Waals surface area contributed by atoms with Gasteiger partial charge in [-0.15, -0.1) is 10.2 Å². The smallest absolute Gasteiger partial charge is 0.416 e. The molecule has 1 unspecified atom stereocenters. The Morgan fingerprint density at radius 2 is 1.82 bits per heavy atom. The van der Waals surface area contributed by atoms with Gasteiger partial charge in [0, 0.05) is 6.04 Å². The van der Waals surface area contributed by atoms with Crippen LogP contribution >= 0.6 is 23.4 Å². The first-order valence-corrected chi connectivity index (χ1v) is 11.5. The van der Waals surface area contributed by atoms with Gasteiger partial charge >= 0.3 is 6.18 Å². The number of alkyl halides is 3. The zero-order chi connectivity index (χ0) is 25.0. The van der Waals surface area contributed by atoms with Crippen molar-refractivity contribution in [3.63, 3.8) is 0 Å². The SMILES string of the molecule is CC(Oc1ccc(F)cc1)c1nnc(SCC(=O)Nc2cc(C(F)(F)F)ccc2Cl)n1C(C)C. The molecule has 3 rings (SSSR count). The van der Waals surface area contributed by atoms with Crippen molar-refractivity contribution in [2.75, 3.05) is 11.1 Å². The minimum atomic E-state index is -4.56. The third-order valence-corrected chi connectivity index (χ3v) is 5.87. The first kappa shape index (κ1) is 25.8. The van der Waals surface area contributed by atoms with E-state index in [2.05, 4.69) is 15.5 Å². The molecule has 34 heavy (non-hydrogen) atoms. The number of hydrogen-bond donors (Lipinski definition) is 1. The van der Waals surface area contributed by atoms with E-state index in [0.717, 1.165) is 30.0 Å². The van der Waals surface area contributed by atoms with Crippen LogP contribution in [0.2, 0.25) is 5.02 Å². The van der Waals surface area contributed by atoms with E-state index >= 15 is 0 Å². The minimum absolute atomic E-state index is 0.00856. The van der Waals surface area contributed by atoms with Crippen molar-refractivity contribution >= 4 is 35.0 Å². The highest BCUT2D eigenvalue weighted by Crippen LogP contribution is 2.34. The van der Waals surface area contributed by atoms with Gasteiger partial charge in [-0.05, 0) is 63.2 Å². The number of carbonyl (C=O) groups excluding carboxylic acids is 1. The third kappa shape index (κ3) is 6.41. The number of nitrogens with one attached hydrogen (secondary N) is 1. The van der Waals surface area contributed by atoms with E-state index in [1.807, 2.05) is 13.8 Å². The Morgan fingerprint density at radius 3 is 2.44 bits per heavy atom. The topological polar surface area (TPSA) is 69.0 Å². The maximum absolute atomic E-state index is 13.1. The summed E-state index contributed by atoms with van der Waals surface area (Å²) in [6, 6.07) is 8.20. The first-order valence-electron chi connectivity index (χ1n) is 10.1. The average Bonchev–Trinajstić information content (AvgIpc) is 3.19. The number of aromatic nitrogens is 3. The highest BCUT2D eigenvalue weighted by molar-refractivity contribution is 7.99. The molecule has 0 aliphatic carbocycles. The molecule has 0 saturated heterocycles. The predicted octanol–water partition coefficient (Wildman–Crippen LogP) is 6.54. The Morgan fingerprint density at radius 1 is 1.15 bits per heavy atom. The maximum atomic E-state index is 13.1. The van der Waals surface area contributed by atoms with Crippen LogP contribution in [0.4, 0.5) is 23.2 Å². The van der Waals surface area contributed by atoms with Crippen LogP contribution < -0.4 is 10.1 Å². The fourth-order valence-electron chi connectivity index (χ4n) is 3.03. The van der Waals surface area contributed by atoms with Gasteiger partial charge in [0.05, 0.1) is 22.0 Å². The number of hydrogen-bond acceptors (Lipinski definition) is 5. The molecule has 1 heterocycles. The molecule has 12 heteroatoms. The summed E-state index contributed by atoms with van der Waals surface area (Å²) in [5.74, 6) is -0.109. The van der Waals surface area contributed by atoms with Crippen molar-refractivity contribution in [2.45, 2.75) is 44.2 Å². The van der Waals surface area contributed by atoms with Crippen molar-refractivity contribution < 1.29 is 27.1 Å². The molecule has 1 aromatic heterocycles. The molecule has 6 nitrogen and oxygen atoms in total. The van der Waals surface area contributed by atoms with Crippen LogP contribution in [0.1, 0.15) is 44.3 Å². The highest BCUT2D eigenvalue weighted by atomic mass is 35.5. The summed E-state index contributed by atoms with van der Waals surface area (Å²) in [4.78, 5) is 12.4. The largest absolute Gasteiger partial charge is 0.483 e. The summed E-state index contributed by atoms with van der Waals surface area (Å²) >= 11 is 7.01. The minimum Gasteiger partial charge on any atom is -0.483 e. The monoisotopic (exact) mass is 516 g/mol. The van der Waals surface area contributed by atoms with E-state index in [9.17, 15) is 22.4 Å². The Bertz CT molecular complexity index is 1150. The lowest BCUT2D eigenvalue weighted by Crippen LogP contribution is -2.17. The van der Waals surface area contributed by atoms with Gasteiger partial charge in [-0.1, -0.05) is 23.4 Å². The Kier molecular flexibility index (Phi) is 8.09. The summed E-state index contributed by atoms with van der Waals surface area (Å²) < 4.78 is 59.6. The van der Waals surface area contributed by atoms with Gasteiger partial charge in [0.25, 0.3) is 0 Å². The number of halogens is 5. The summed E-state index contributed by atoms with van der Waals surface area (Å²) in [5, 5.41) is 11.1. The van der Waals surface area contributed by atoms with Crippen LogP contribution in [-0.4, -0.2) is 26.4 Å². The van der Waals surface area contributed by atoms with Gasteiger partial charge in [0.1, 0.15) is 11.6 Å². The molecule has 182 valence electrons. The van der Waals surface area contributed by atoms with Gasteiger partial charge < -0.3 is 14.6 Å². The molecule has 0 aliphatic rings. The number of carbonyl (C=O) groups is 1. The normalized spacial score (nSPS) is 12.6. The Hall–Kier alpha value is -2.79. The first-order chi connectivity index (χ1) is 16.0.